The smallest absolute Gasteiger partial charge is 0.0307 e. The zero-order valence-corrected chi connectivity index (χ0v) is 11.2. The number of likely N-dealkylation sites (N-methyl/N-ethyl adjacent to an activating group) is 2. The molecule has 1 saturated heterocycles. The first-order valence-electron chi connectivity index (χ1n) is 5.92. The van der Waals surface area contributed by atoms with Crippen LogP contribution in [0.15, 0.2) is 0 Å². The molecule has 0 spiro atoms. The zero-order chi connectivity index (χ0) is 11.6. The summed E-state index contributed by atoms with van der Waals surface area (Å²) >= 11 is 0. The molecule has 0 aliphatic carbocycles. The summed E-state index contributed by atoms with van der Waals surface area (Å²) in [5, 5.41) is 3.45. The first kappa shape index (κ1) is 12.9. The number of likely N-dealkylation sites (tertiary alicyclic amines) is 1. The topological polar surface area (TPSA) is 18.5 Å². The number of nitrogens with one attached hydrogen (secondary N) is 1. The van der Waals surface area contributed by atoms with Gasteiger partial charge in [0.25, 0.3) is 0 Å². The largest absolute Gasteiger partial charge is 0.313 e. The third kappa shape index (κ3) is 2.92. The van der Waals surface area contributed by atoms with E-state index in [4.69, 9.17) is 0 Å². The Labute approximate surface area is 94.8 Å². The lowest BCUT2D eigenvalue weighted by Crippen LogP contribution is -2.57. The molecule has 0 saturated carbocycles. The molecule has 90 valence electrons. The van der Waals surface area contributed by atoms with E-state index in [-0.39, 0.29) is 5.54 Å². The van der Waals surface area contributed by atoms with Gasteiger partial charge in [0.15, 0.2) is 0 Å². The summed E-state index contributed by atoms with van der Waals surface area (Å²) in [6, 6.07) is 0.604. The highest BCUT2D eigenvalue weighted by Gasteiger charge is 2.38. The lowest BCUT2D eigenvalue weighted by molar-refractivity contribution is 0.118. The molecule has 1 fully saturated rings. The molecule has 15 heavy (non-hydrogen) atoms. The van der Waals surface area contributed by atoms with Crippen molar-refractivity contribution in [3.05, 3.63) is 0 Å². The van der Waals surface area contributed by atoms with Gasteiger partial charge < -0.3 is 15.1 Å². The third-order valence-corrected chi connectivity index (χ3v) is 3.81. The van der Waals surface area contributed by atoms with Gasteiger partial charge in [-0.15, -0.1) is 0 Å². The number of hydrogen-bond donors (Lipinski definition) is 1. The number of nitrogens with zero attached hydrogens (tertiary/aromatic N) is 2. The van der Waals surface area contributed by atoms with Gasteiger partial charge in [0.05, 0.1) is 0 Å². The predicted octanol–water partition coefficient (Wildman–Crippen LogP) is 0.866. The second-order valence-corrected chi connectivity index (χ2v) is 5.69. The molecule has 2 atom stereocenters. The maximum Gasteiger partial charge on any atom is 0.0307 e. The molecule has 0 aromatic heterocycles. The quantitative estimate of drug-likeness (QED) is 0.747. The van der Waals surface area contributed by atoms with Crippen molar-refractivity contribution in [2.45, 2.75) is 31.8 Å². The van der Waals surface area contributed by atoms with Crippen molar-refractivity contribution < 1.29 is 0 Å². The fourth-order valence-corrected chi connectivity index (χ4v) is 3.03. The average Bonchev–Trinajstić information content (AvgIpc) is 2.51. The molecule has 0 aromatic rings. The van der Waals surface area contributed by atoms with Crippen LogP contribution in [0.25, 0.3) is 0 Å². The van der Waals surface area contributed by atoms with Crippen LogP contribution in [0, 0.1) is 5.92 Å². The van der Waals surface area contributed by atoms with Crippen LogP contribution in [0.1, 0.15) is 20.3 Å². The van der Waals surface area contributed by atoms with Crippen LogP contribution in [0.5, 0.6) is 0 Å². The van der Waals surface area contributed by atoms with Crippen LogP contribution >= 0.6 is 0 Å². The number of hydrogen-bond acceptors (Lipinski definition) is 3. The molecule has 0 aromatic carbocycles. The fourth-order valence-electron chi connectivity index (χ4n) is 3.03. The molecule has 3 heteroatoms. The standard InChI is InChI=1S/C12H27N3/c1-12(2,13-3)11(14(4)5)10-7-8-15(6)9-10/h10-11,13H,7-9H2,1-6H3. The summed E-state index contributed by atoms with van der Waals surface area (Å²) in [6.45, 7) is 7.08. The highest BCUT2D eigenvalue weighted by molar-refractivity contribution is 4.97. The zero-order valence-electron chi connectivity index (χ0n) is 11.2. The van der Waals surface area contributed by atoms with E-state index in [2.05, 4.69) is 57.2 Å². The Balaban J connectivity index is 2.74. The molecule has 1 aliphatic rings. The van der Waals surface area contributed by atoms with E-state index in [0.717, 1.165) is 5.92 Å². The Kier molecular flexibility index (Phi) is 4.15. The second-order valence-electron chi connectivity index (χ2n) is 5.69. The molecule has 1 heterocycles. The van der Waals surface area contributed by atoms with Crippen LogP contribution in [0.2, 0.25) is 0 Å². The second kappa shape index (κ2) is 4.81. The Bertz CT molecular complexity index is 201. The molecule has 3 nitrogen and oxygen atoms in total. The molecular formula is C12H27N3. The highest BCUT2D eigenvalue weighted by atomic mass is 15.2. The molecule has 0 bridgehead atoms. The van der Waals surface area contributed by atoms with E-state index >= 15 is 0 Å². The molecule has 1 aliphatic heterocycles. The fraction of sp³-hybridized carbons (Fsp3) is 1.00. The third-order valence-electron chi connectivity index (χ3n) is 3.81. The summed E-state index contributed by atoms with van der Waals surface area (Å²) in [4.78, 5) is 4.81. The molecule has 1 rings (SSSR count). The van der Waals surface area contributed by atoms with Crippen molar-refractivity contribution in [1.82, 2.24) is 15.1 Å². The monoisotopic (exact) mass is 213 g/mol. The number of rotatable bonds is 4. The van der Waals surface area contributed by atoms with Crippen LogP contribution in [-0.4, -0.2) is 62.7 Å². The summed E-state index contributed by atoms with van der Waals surface area (Å²) in [6.07, 6.45) is 1.32. The first-order chi connectivity index (χ1) is 6.88. The minimum Gasteiger partial charge on any atom is -0.313 e. The van der Waals surface area contributed by atoms with Gasteiger partial charge in [-0.2, -0.15) is 0 Å². The minimum absolute atomic E-state index is 0.180. The van der Waals surface area contributed by atoms with Crippen molar-refractivity contribution in [1.29, 1.82) is 0 Å². The van der Waals surface area contributed by atoms with Gasteiger partial charge in [0.1, 0.15) is 0 Å². The van der Waals surface area contributed by atoms with E-state index in [9.17, 15) is 0 Å². The van der Waals surface area contributed by atoms with Crippen molar-refractivity contribution in [2.75, 3.05) is 41.3 Å². The maximum atomic E-state index is 3.45. The average molecular weight is 213 g/mol. The van der Waals surface area contributed by atoms with Crippen molar-refractivity contribution >= 4 is 0 Å². The van der Waals surface area contributed by atoms with Gasteiger partial charge >= 0.3 is 0 Å². The van der Waals surface area contributed by atoms with Crippen molar-refractivity contribution in [2.24, 2.45) is 5.92 Å². The van der Waals surface area contributed by atoms with E-state index in [1.54, 1.807) is 0 Å². The summed E-state index contributed by atoms with van der Waals surface area (Å²) in [5.41, 5.74) is 0.180. The van der Waals surface area contributed by atoms with E-state index in [1.165, 1.54) is 19.5 Å². The predicted molar refractivity (Wildman–Crippen MR) is 66.2 cm³/mol. The lowest BCUT2D eigenvalue weighted by atomic mass is 9.83. The normalized spacial score (nSPS) is 26.2. The van der Waals surface area contributed by atoms with Crippen molar-refractivity contribution in [3.8, 4) is 0 Å². The van der Waals surface area contributed by atoms with Gasteiger partial charge in [0.2, 0.25) is 0 Å². The van der Waals surface area contributed by atoms with Crippen LogP contribution in [0.3, 0.4) is 0 Å². The van der Waals surface area contributed by atoms with Gasteiger partial charge in [-0.1, -0.05) is 0 Å². The summed E-state index contributed by atoms with van der Waals surface area (Å²) < 4.78 is 0. The molecule has 0 amide bonds. The van der Waals surface area contributed by atoms with Gasteiger partial charge in [-0.05, 0) is 60.9 Å². The Morgan fingerprint density at radius 1 is 1.40 bits per heavy atom. The molecule has 2 unspecified atom stereocenters. The summed E-state index contributed by atoms with van der Waals surface area (Å²) in [5.74, 6) is 0.785. The van der Waals surface area contributed by atoms with E-state index in [1.807, 2.05) is 0 Å². The molecule has 0 radical (unpaired) electrons. The molecule has 1 N–H and O–H groups in total. The van der Waals surface area contributed by atoms with Crippen LogP contribution in [-0.2, 0) is 0 Å². The van der Waals surface area contributed by atoms with Crippen LogP contribution < -0.4 is 5.32 Å². The Hall–Kier alpha value is -0.120. The maximum absolute atomic E-state index is 3.45. The SMILES string of the molecule is CNC(C)(C)C(C1CCN(C)C1)N(C)C. The van der Waals surface area contributed by atoms with Crippen molar-refractivity contribution in [3.63, 3.8) is 0 Å². The van der Waals surface area contributed by atoms with Crippen LogP contribution in [0.4, 0.5) is 0 Å². The minimum atomic E-state index is 0.180. The van der Waals surface area contributed by atoms with Gasteiger partial charge in [0, 0.05) is 18.1 Å². The van der Waals surface area contributed by atoms with E-state index in [0.29, 0.717) is 6.04 Å². The highest BCUT2D eigenvalue weighted by Crippen LogP contribution is 2.28. The Morgan fingerprint density at radius 2 is 2.00 bits per heavy atom. The van der Waals surface area contributed by atoms with E-state index < -0.39 is 0 Å². The summed E-state index contributed by atoms with van der Waals surface area (Å²) in [7, 11) is 8.68. The van der Waals surface area contributed by atoms with Gasteiger partial charge in [-0.25, -0.2) is 0 Å². The first-order valence-corrected chi connectivity index (χ1v) is 5.92. The molecular weight excluding hydrogens is 186 g/mol. The van der Waals surface area contributed by atoms with Gasteiger partial charge in [-0.3, -0.25) is 0 Å². The lowest BCUT2D eigenvalue weighted by Gasteiger charge is -2.42. The Morgan fingerprint density at radius 3 is 2.33 bits per heavy atom.